The van der Waals surface area contributed by atoms with Gasteiger partial charge < -0.3 is 14.6 Å². The summed E-state index contributed by atoms with van der Waals surface area (Å²) in [4.78, 5) is 43.6. The van der Waals surface area contributed by atoms with Crippen LogP contribution in [0.3, 0.4) is 0 Å². The maximum absolute atomic E-state index is 13.7. The van der Waals surface area contributed by atoms with Gasteiger partial charge >= 0.3 is 5.69 Å². The van der Waals surface area contributed by atoms with Crippen LogP contribution in [0.15, 0.2) is 64.4 Å². The van der Waals surface area contributed by atoms with E-state index in [1.165, 1.54) is 30.1 Å². The fourth-order valence-corrected chi connectivity index (χ4v) is 3.68. The van der Waals surface area contributed by atoms with Crippen LogP contribution in [0, 0.1) is 5.82 Å². The molecule has 2 aromatic heterocycles. The number of fused-ring (bicyclic) bond motifs is 1. The SMILES string of the molecule is COCCn1cnc2c1c(=O)n(CC(=O)Nc1ccc(Cl)c(F)c1)c(=O)n2Cc1ccccc1. The lowest BCUT2D eigenvalue weighted by atomic mass is 10.2. The molecule has 0 saturated heterocycles. The third-order valence-corrected chi connectivity index (χ3v) is 5.52. The molecule has 34 heavy (non-hydrogen) atoms. The fourth-order valence-electron chi connectivity index (χ4n) is 3.56. The number of amides is 1. The van der Waals surface area contributed by atoms with Crippen molar-refractivity contribution in [1.29, 1.82) is 0 Å². The lowest BCUT2D eigenvalue weighted by molar-refractivity contribution is -0.116. The van der Waals surface area contributed by atoms with E-state index in [0.717, 1.165) is 16.2 Å². The predicted octanol–water partition coefficient (Wildman–Crippen LogP) is 2.49. The standard InChI is InChI=1S/C23H21ClFN5O4/c1-34-10-9-28-14-26-21-20(28)22(32)30(23(33)29(21)12-15-5-3-2-4-6-15)13-19(31)27-16-7-8-17(24)18(25)11-16/h2-8,11,14H,9-10,12-13H2,1H3,(H,27,31). The Balaban J connectivity index is 1.76. The molecule has 1 N–H and O–H groups in total. The fraction of sp³-hybridized carbons (Fsp3) is 0.217. The van der Waals surface area contributed by atoms with Gasteiger partial charge in [-0.1, -0.05) is 41.9 Å². The second-order valence-electron chi connectivity index (χ2n) is 7.53. The van der Waals surface area contributed by atoms with Gasteiger partial charge in [0.05, 0.1) is 24.5 Å². The Bertz CT molecular complexity index is 1460. The van der Waals surface area contributed by atoms with E-state index in [0.29, 0.717) is 13.2 Å². The third-order valence-electron chi connectivity index (χ3n) is 5.21. The highest BCUT2D eigenvalue weighted by atomic mass is 35.5. The van der Waals surface area contributed by atoms with Gasteiger partial charge in [0.15, 0.2) is 11.2 Å². The molecule has 0 aliphatic carbocycles. The molecule has 4 rings (SSSR count). The smallest absolute Gasteiger partial charge is 0.333 e. The number of ether oxygens (including phenoxy) is 1. The maximum Gasteiger partial charge on any atom is 0.333 e. The molecular weight excluding hydrogens is 465 g/mol. The molecule has 0 unspecified atom stereocenters. The maximum atomic E-state index is 13.7. The predicted molar refractivity (Wildman–Crippen MR) is 126 cm³/mol. The van der Waals surface area contributed by atoms with Gasteiger partial charge in [0.2, 0.25) is 5.91 Å². The van der Waals surface area contributed by atoms with Crippen molar-refractivity contribution in [3.05, 3.63) is 92.1 Å². The molecule has 176 valence electrons. The van der Waals surface area contributed by atoms with Crippen molar-refractivity contribution in [3.63, 3.8) is 0 Å². The Kier molecular flexibility index (Phi) is 6.90. The van der Waals surface area contributed by atoms with Crippen LogP contribution in [0.5, 0.6) is 0 Å². The average molecular weight is 486 g/mol. The van der Waals surface area contributed by atoms with Gasteiger partial charge in [-0.3, -0.25) is 14.2 Å². The molecule has 0 bridgehead atoms. The summed E-state index contributed by atoms with van der Waals surface area (Å²) >= 11 is 5.67. The minimum Gasteiger partial charge on any atom is -0.383 e. The highest BCUT2D eigenvalue weighted by molar-refractivity contribution is 6.30. The summed E-state index contributed by atoms with van der Waals surface area (Å²) in [5.74, 6) is -1.38. The second-order valence-corrected chi connectivity index (χ2v) is 7.93. The molecule has 11 heteroatoms. The van der Waals surface area contributed by atoms with Crippen LogP contribution in [0.2, 0.25) is 5.02 Å². The number of halogens is 2. The first-order chi connectivity index (χ1) is 16.4. The van der Waals surface area contributed by atoms with E-state index in [9.17, 15) is 18.8 Å². The number of rotatable bonds is 8. The van der Waals surface area contributed by atoms with Crippen molar-refractivity contribution in [1.82, 2.24) is 18.7 Å². The minimum absolute atomic E-state index is 0.0900. The van der Waals surface area contributed by atoms with Crippen molar-refractivity contribution in [2.75, 3.05) is 19.0 Å². The van der Waals surface area contributed by atoms with Gasteiger partial charge in [0, 0.05) is 19.3 Å². The summed E-state index contributed by atoms with van der Waals surface area (Å²) in [7, 11) is 1.53. The summed E-state index contributed by atoms with van der Waals surface area (Å²) in [6.45, 7) is 0.247. The van der Waals surface area contributed by atoms with Crippen LogP contribution in [0.1, 0.15) is 5.56 Å². The third kappa shape index (κ3) is 4.78. The second kappa shape index (κ2) is 10.0. The van der Waals surface area contributed by atoms with Gasteiger partial charge in [0.25, 0.3) is 5.56 Å². The molecule has 0 spiro atoms. The number of imidazole rings is 1. The monoisotopic (exact) mass is 485 g/mol. The van der Waals surface area contributed by atoms with Gasteiger partial charge in [-0.05, 0) is 23.8 Å². The molecule has 0 radical (unpaired) electrons. The Labute approximate surface area is 198 Å². The van der Waals surface area contributed by atoms with Crippen LogP contribution in [-0.2, 0) is 29.2 Å². The van der Waals surface area contributed by atoms with E-state index < -0.39 is 29.5 Å². The lowest BCUT2D eigenvalue weighted by Crippen LogP contribution is -2.43. The zero-order valence-corrected chi connectivity index (χ0v) is 19.0. The number of benzene rings is 2. The summed E-state index contributed by atoms with van der Waals surface area (Å²) in [6.07, 6.45) is 1.47. The highest BCUT2D eigenvalue weighted by Gasteiger charge is 2.20. The molecule has 1 amide bonds. The largest absolute Gasteiger partial charge is 0.383 e. The van der Waals surface area contributed by atoms with Crippen molar-refractivity contribution in [2.45, 2.75) is 19.6 Å². The van der Waals surface area contributed by atoms with E-state index >= 15 is 0 Å². The van der Waals surface area contributed by atoms with E-state index in [2.05, 4.69) is 10.3 Å². The molecule has 0 aliphatic rings. The number of hydrogen-bond acceptors (Lipinski definition) is 5. The van der Waals surface area contributed by atoms with Gasteiger partial charge in [-0.15, -0.1) is 0 Å². The van der Waals surface area contributed by atoms with Crippen LogP contribution < -0.4 is 16.6 Å². The van der Waals surface area contributed by atoms with Crippen LogP contribution in [0.25, 0.3) is 11.2 Å². The van der Waals surface area contributed by atoms with Crippen LogP contribution >= 0.6 is 11.6 Å². The first kappa shape index (κ1) is 23.4. The number of carbonyl (C=O) groups is 1. The molecular formula is C23H21ClFN5O4. The van der Waals surface area contributed by atoms with Gasteiger partial charge in [0.1, 0.15) is 12.4 Å². The van der Waals surface area contributed by atoms with E-state index in [1.807, 2.05) is 30.3 Å². The van der Waals surface area contributed by atoms with Crippen molar-refractivity contribution >= 4 is 34.4 Å². The van der Waals surface area contributed by atoms with Gasteiger partial charge in [-0.2, -0.15) is 0 Å². The zero-order chi connectivity index (χ0) is 24.2. The topological polar surface area (TPSA) is 100 Å². The van der Waals surface area contributed by atoms with Gasteiger partial charge in [-0.25, -0.2) is 18.7 Å². The van der Waals surface area contributed by atoms with Crippen LogP contribution in [0.4, 0.5) is 10.1 Å². The average Bonchev–Trinajstić information content (AvgIpc) is 3.25. The Morgan fingerprint density at radius 3 is 2.62 bits per heavy atom. The van der Waals surface area contributed by atoms with Crippen molar-refractivity contribution in [3.8, 4) is 0 Å². The first-order valence-corrected chi connectivity index (χ1v) is 10.7. The zero-order valence-electron chi connectivity index (χ0n) is 18.2. The first-order valence-electron chi connectivity index (χ1n) is 10.3. The molecule has 2 heterocycles. The number of nitrogens with one attached hydrogen (secondary N) is 1. The van der Waals surface area contributed by atoms with E-state index in [4.69, 9.17) is 16.3 Å². The highest BCUT2D eigenvalue weighted by Crippen LogP contribution is 2.18. The summed E-state index contributed by atoms with van der Waals surface area (Å²) < 4.78 is 22.6. The Hall–Kier alpha value is -3.76. The molecule has 4 aromatic rings. The molecule has 9 nitrogen and oxygen atoms in total. The van der Waals surface area contributed by atoms with Crippen molar-refractivity contribution in [2.24, 2.45) is 0 Å². The minimum atomic E-state index is -0.703. The number of carbonyl (C=O) groups excluding carboxylic acids is 1. The normalized spacial score (nSPS) is 11.1. The molecule has 0 fully saturated rings. The molecule has 0 atom stereocenters. The summed E-state index contributed by atoms with van der Waals surface area (Å²) in [5, 5.41) is 2.39. The number of hydrogen-bond donors (Lipinski definition) is 1. The van der Waals surface area contributed by atoms with Crippen LogP contribution in [-0.4, -0.2) is 38.3 Å². The molecule has 2 aromatic carbocycles. The number of methoxy groups -OCH3 is 1. The Morgan fingerprint density at radius 2 is 1.91 bits per heavy atom. The quantitative estimate of drug-likeness (QED) is 0.413. The van der Waals surface area contributed by atoms with Crippen molar-refractivity contribution < 1.29 is 13.9 Å². The number of aromatic nitrogens is 4. The summed E-state index contributed by atoms with van der Waals surface area (Å²) in [6, 6.07) is 13.0. The van der Waals surface area contributed by atoms with E-state index in [1.54, 1.807) is 4.57 Å². The molecule has 0 aliphatic heterocycles. The van der Waals surface area contributed by atoms with E-state index in [-0.39, 0.29) is 28.4 Å². The molecule has 0 saturated carbocycles. The lowest BCUT2D eigenvalue weighted by Gasteiger charge is -2.13. The Morgan fingerprint density at radius 1 is 1.15 bits per heavy atom. The number of anilines is 1. The summed E-state index contributed by atoms with van der Waals surface area (Å²) in [5.41, 5.74) is 0.0230. The number of nitrogens with zero attached hydrogens (tertiary/aromatic N) is 4.